The van der Waals surface area contributed by atoms with E-state index in [1.807, 2.05) is 6.92 Å². The van der Waals surface area contributed by atoms with Gasteiger partial charge in [0, 0.05) is 11.8 Å². The van der Waals surface area contributed by atoms with E-state index in [9.17, 15) is 9.90 Å². The number of nitrogens with one attached hydrogen (secondary N) is 1. The normalized spacial score (nSPS) is 27.0. The monoisotopic (exact) mass is 196 g/mol. The molecule has 0 aliphatic heterocycles. The lowest BCUT2D eigenvalue weighted by molar-refractivity contribution is 0.128. The molecule has 2 N–H and O–H groups in total. The molecule has 1 fully saturated rings. The van der Waals surface area contributed by atoms with Gasteiger partial charge in [0.2, 0.25) is 0 Å². The summed E-state index contributed by atoms with van der Waals surface area (Å²) < 4.78 is 1.58. The van der Waals surface area contributed by atoms with E-state index in [1.165, 1.54) is 0 Å². The van der Waals surface area contributed by atoms with E-state index in [4.69, 9.17) is 0 Å². The molecule has 2 rings (SSSR count). The molecular formula is C10H16N2O2. The number of rotatable bonds is 2. The molecule has 0 amide bonds. The van der Waals surface area contributed by atoms with Gasteiger partial charge < -0.3 is 5.11 Å². The van der Waals surface area contributed by atoms with Gasteiger partial charge in [0.25, 0.3) is 5.56 Å². The summed E-state index contributed by atoms with van der Waals surface area (Å²) in [5.74, 6) is 0. The number of aliphatic hydroxyl groups is 1. The van der Waals surface area contributed by atoms with Gasteiger partial charge >= 0.3 is 0 Å². The Balaban J connectivity index is 2.31. The van der Waals surface area contributed by atoms with Crippen LogP contribution in [0.4, 0.5) is 0 Å². The predicted octanol–water partition coefficient (Wildman–Crippen LogP) is 0.825. The SMILES string of the molecule is CCc1cc(=O)n(C2CCCC2O)[nH]1. The van der Waals surface area contributed by atoms with Crippen LogP contribution in [0.2, 0.25) is 0 Å². The maximum atomic E-state index is 11.6. The highest BCUT2D eigenvalue weighted by Crippen LogP contribution is 2.28. The van der Waals surface area contributed by atoms with E-state index in [1.54, 1.807) is 10.7 Å². The van der Waals surface area contributed by atoms with Crippen LogP contribution in [0.25, 0.3) is 0 Å². The van der Waals surface area contributed by atoms with E-state index < -0.39 is 0 Å². The smallest absolute Gasteiger partial charge is 0.267 e. The molecule has 1 saturated carbocycles. The van der Waals surface area contributed by atoms with Crippen molar-refractivity contribution in [1.82, 2.24) is 9.78 Å². The van der Waals surface area contributed by atoms with Crippen LogP contribution in [-0.2, 0) is 6.42 Å². The second-order valence-electron chi connectivity index (χ2n) is 3.91. The number of aromatic amines is 1. The van der Waals surface area contributed by atoms with Crippen molar-refractivity contribution in [3.63, 3.8) is 0 Å². The topological polar surface area (TPSA) is 58.0 Å². The minimum atomic E-state index is -0.365. The average molecular weight is 196 g/mol. The minimum Gasteiger partial charge on any atom is -0.391 e. The van der Waals surface area contributed by atoms with Crippen molar-refractivity contribution in [2.24, 2.45) is 0 Å². The second-order valence-corrected chi connectivity index (χ2v) is 3.91. The first-order valence-corrected chi connectivity index (χ1v) is 5.21. The Labute approximate surface area is 82.5 Å². The van der Waals surface area contributed by atoms with Crippen LogP contribution in [0.3, 0.4) is 0 Å². The first-order valence-electron chi connectivity index (χ1n) is 5.21. The first-order chi connectivity index (χ1) is 6.72. The van der Waals surface area contributed by atoms with Crippen molar-refractivity contribution in [3.8, 4) is 0 Å². The number of hydrogen-bond acceptors (Lipinski definition) is 2. The lowest BCUT2D eigenvalue weighted by Crippen LogP contribution is -2.27. The number of aromatic nitrogens is 2. The summed E-state index contributed by atoms with van der Waals surface area (Å²) in [6, 6.07) is 1.58. The quantitative estimate of drug-likeness (QED) is 0.736. The van der Waals surface area contributed by atoms with Gasteiger partial charge in [-0.25, -0.2) is 4.68 Å². The highest BCUT2D eigenvalue weighted by atomic mass is 16.3. The zero-order chi connectivity index (χ0) is 10.1. The third-order valence-corrected chi connectivity index (χ3v) is 2.96. The zero-order valence-corrected chi connectivity index (χ0v) is 8.36. The summed E-state index contributed by atoms with van der Waals surface area (Å²) in [7, 11) is 0. The fourth-order valence-electron chi connectivity index (χ4n) is 2.11. The Bertz CT molecular complexity index is 366. The Morgan fingerprint density at radius 3 is 2.93 bits per heavy atom. The highest BCUT2D eigenvalue weighted by molar-refractivity contribution is 5.01. The van der Waals surface area contributed by atoms with Crippen molar-refractivity contribution >= 4 is 0 Å². The van der Waals surface area contributed by atoms with Crippen molar-refractivity contribution < 1.29 is 5.11 Å². The van der Waals surface area contributed by atoms with Crippen LogP contribution >= 0.6 is 0 Å². The fraction of sp³-hybridized carbons (Fsp3) is 0.700. The van der Waals surface area contributed by atoms with Crippen molar-refractivity contribution in [3.05, 3.63) is 22.1 Å². The van der Waals surface area contributed by atoms with Gasteiger partial charge in [-0.1, -0.05) is 6.92 Å². The van der Waals surface area contributed by atoms with Crippen LogP contribution in [0, 0.1) is 0 Å². The average Bonchev–Trinajstić information content (AvgIpc) is 2.72. The molecule has 2 atom stereocenters. The van der Waals surface area contributed by atoms with Gasteiger partial charge in [-0.05, 0) is 25.7 Å². The summed E-state index contributed by atoms with van der Waals surface area (Å²) in [5, 5.41) is 12.7. The molecule has 0 saturated heterocycles. The van der Waals surface area contributed by atoms with Crippen molar-refractivity contribution in [2.75, 3.05) is 0 Å². The van der Waals surface area contributed by atoms with Gasteiger partial charge in [-0.15, -0.1) is 0 Å². The lowest BCUT2D eigenvalue weighted by atomic mass is 10.2. The van der Waals surface area contributed by atoms with E-state index in [-0.39, 0.29) is 17.7 Å². The van der Waals surface area contributed by atoms with Crippen LogP contribution in [0.15, 0.2) is 10.9 Å². The molecule has 1 heterocycles. The maximum absolute atomic E-state index is 11.6. The number of hydrogen-bond donors (Lipinski definition) is 2. The molecule has 0 bridgehead atoms. The molecule has 0 aromatic carbocycles. The summed E-state index contributed by atoms with van der Waals surface area (Å²) in [4.78, 5) is 11.6. The van der Waals surface area contributed by atoms with E-state index in [0.29, 0.717) is 0 Å². The highest BCUT2D eigenvalue weighted by Gasteiger charge is 2.28. The molecule has 78 valence electrons. The predicted molar refractivity (Wildman–Crippen MR) is 53.3 cm³/mol. The number of nitrogens with zero attached hydrogens (tertiary/aromatic N) is 1. The van der Waals surface area contributed by atoms with E-state index >= 15 is 0 Å². The number of aryl methyl sites for hydroxylation is 1. The van der Waals surface area contributed by atoms with E-state index in [0.717, 1.165) is 31.4 Å². The Morgan fingerprint density at radius 1 is 1.64 bits per heavy atom. The number of aliphatic hydroxyl groups excluding tert-OH is 1. The second kappa shape index (κ2) is 3.61. The fourth-order valence-corrected chi connectivity index (χ4v) is 2.11. The summed E-state index contributed by atoms with van der Waals surface area (Å²) in [6.45, 7) is 2.00. The van der Waals surface area contributed by atoms with Crippen LogP contribution in [0.5, 0.6) is 0 Å². The molecule has 4 heteroatoms. The van der Waals surface area contributed by atoms with Crippen LogP contribution < -0.4 is 5.56 Å². The molecular weight excluding hydrogens is 180 g/mol. The summed E-state index contributed by atoms with van der Waals surface area (Å²) in [5.41, 5.74) is 0.918. The zero-order valence-electron chi connectivity index (χ0n) is 8.36. The standard InChI is InChI=1S/C10H16N2O2/c1-2-7-6-10(14)12(11-7)8-4-3-5-9(8)13/h6,8-9,11,13H,2-5H2,1H3. The molecule has 1 aromatic heterocycles. The van der Waals surface area contributed by atoms with Gasteiger partial charge in [-0.3, -0.25) is 9.89 Å². The largest absolute Gasteiger partial charge is 0.391 e. The molecule has 14 heavy (non-hydrogen) atoms. The minimum absolute atomic E-state index is 0.0206. The first kappa shape index (κ1) is 9.52. The van der Waals surface area contributed by atoms with Crippen LogP contribution in [-0.4, -0.2) is 21.0 Å². The maximum Gasteiger partial charge on any atom is 0.267 e. The van der Waals surface area contributed by atoms with Gasteiger partial charge in [-0.2, -0.15) is 0 Å². The third kappa shape index (κ3) is 1.50. The van der Waals surface area contributed by atoms with Crippen molar-refractivity contribution in [1.29, 1.82) is 0 Å². The lowest BCUT2D eigenvalue weighted by Gasteiger charge is -2.14. The van der Waals surface area contributed by atoms with Gasteiger partial charge in [0.1, 0.15) is 0 Å². The van der Waals surface area contributed by atoms with E-state index in [2.05, 4.69) is 5.10 Å². The molecule has 1 aromatic rings. The van der Waals surface area contributed by atoms with Crippen molar-refractivity contribution in [2.45, 2.75) is 44.8 Å². The number of H-pyrrole nitrogens is 1. The third-order valence-electron chi connectivity index (χ3n) is 2.96. The molecule has 1 aliphatic rings. The Hall–Kier alpha value is -1.03. The van der Waals surface area contributed by atoms with Gasteiger partial charge in [0.15, 0.2) is 0 Å². The Kier molecular flexibility index (Phi) is 2.46. The van der Waals surface area contributed by atoms with Crippen LogP contribution in [0.1, 0.15) is 37.9 Å². The molecule has 1 aliphatic carbocycles. The summed E-state index contributed by atoms with van der Waals surface area (Å²) >= 11 is 0. The Morgan fingerprint density at radius 2 is 2.43 bits per heavy atom. The molecule has 4 nitrogen and oxygen atoms in total. The molecule has 2 unspecified atom stereocenters. The molecule has 0 spiro atoms. The summed E-state index contributed by atoms with van der Waals surface area (Å²) in [6.07, 6.45) is 3.16. The van der Waals surface area contributed by atoms with Gasteiger partial charge in [0.05, 0.1) is 12.1 Å². The molecule has 0 radical (unpaired) electrons.